The molecule has 0 spiro atoms. The van der Waals surface area contributed by atoms with Crippen molar-refractivity contribution in [2.75, 3.05) is 24.2 Å². The van der Waals surface area contributed by atoms with Gasteiger partial charge in [-0.2, -0.15) is 0 Å². The summed E-state index contributed by atoms with van der Waals surface area (Å²) in [4.78, 5) is 11.7. The number of amides is 1. The van der Waals surface area contributed by atoms with Crippen LogP contribution >= 0.6 is 0 Å². The standard InChI is InChI=1S/C16H27N3O2/c1-4-10-21-15-11-13(6-7-14(15)17)18-9-8-16(20)19-12(3)5-2/h6-7,11-12,18H,4-5,8-10,17H2,1-3H3,(H,19,20). The Morgan fingerprint density at radius 3 is 2.81 bits per heavy atom. The van der Waals surface area contributed by atoms with Crippen LogP contribution in [-0.4, -0.2) is 25.1 Å². The van der Waals surface area contributed by atoms with Crippen LogP contribution in [0.5, 0.6) is 5.75 Å². The fraction of sp³-hybridized carbons (Fsp3) is 0.562. The first-order valence-electron chi connectivity index (χ1n) is 7.62. The normalized spacial score (nSPS) is 11.8. The van der Waals surface area contributed by atoms with Crippen molar-refractivity contribution in [3.63, 3.8) is 0 Å². The van der Waals surface area contributed by atoms with Crippen LogP contribution in [0.15, 0.2) is 18.2 Å². The van der Waals surface area contributed by atoms with E-state index in [1.165, 1.54) is 0 Å². The molecule has 5 heteroatoms. The number of nitrogens with two attached hydrogens (primary N) is 1. The molecule has 0 saturated heterocycles. The third kappa shape index (κ3) is 6.38. The number of nitrogen functional groups attached to an aromatic ring is 1. The van der Waals surface area contributed by atoms with Crippen LogP contribution in [0.1, 0.15) is 40.0 Å². The molecule has 0 aliphatic rings. The molecule has 0 aliphatic heterocycles. The lowest BCUT2D eigenvalue weighted by atomic mass is 10.2. The quantitative estimate of drug-likeness (QED) is 0.612. The molecule has 0 aromatic heterocycles. The van der Waals surface area contributed by atoms with Crippen molar-refractivity contribution in [3.05, 3.63) is 18.2 Å². The Morgan fingerprint density at radius 1 is 1.38 bits per heavy atom. The van der Waals surface area contributed by atoms with Gasteiger partial charge in [-0.05, 0) is 31.9 Å². The number of hydrogen-bond acceptors (Lipinski definition) is 4. The van der Waals surface area contributed by atoms with E-state index in [-0.39, 0.29) is 11.9 Å². The molecule has 0 aliphatic carbocycles. The van der Waals surface area contributed by atoms with Crippen LogP contribution in [-0.2, 0) is 4.79 Å². The van der Waals surface area contributed by atoms with Crippen molar-refractivity contribution in [2.45, 2.75) is 46.1 Å². The van der Waals surface area contributed by atoms with Crippen LogP contribution in [0.4, 0.5) is 11.4 Å². The zero-order chi connectivity index (χ0) is 15.7. The smallest absolute Gasteiger partial charge is 0.221 e. The van der Waals surface area contributed by atoms with Gasteiger partial charge in [0.15, 0.2) is 0 Å². The Kier molecular flexibility index (Phi) is 7.43. The predicted molar refractivity (Wildman–Crippen MR) is 87.6 cm³/mol. The molecule has 5 nitrogen and oxygen atoms in total. The molecular formula is C16H27N3O2. The summed E-state index contributed by atoms with van der Waals surface area (Å²) in [6.07, 6.45) is 2.32. The van der Waals surface area contributed by atoms with E-state index in [4.69, 9.17) is 10.5 Å². The van der Waals surface area contributed by atoms with E-state index < -0.39 is 0 Å². The van der Waals surface area contributed by atoms with Crippen molar-refractivity contribution >= 4 is 17.3 Å². The molecule has 0 heterocycles. The Bertz CT molecular complexity index is 449. The highest BCUT2D eigenvalue weighted by Gasteiger charge is 2.06. The van der Waals surface area contributed by atoms with Gasteiger partial charge in [0.25, 0.3) is 0 Å². The Hall–Kier alpha value is -1.91. The van der Waals surface area contributed by atoms with Gasteiger partial charge in [-0.25, -0.2) is 0 Å². The molecule has 0 bridgehead atoms. The van der Waals surface area contributed by atoms with Gasteiger partial charge in [0.1, 0.15) is 5.75 Å². The number of anilines is 2. The minimum atomic E-state index is 0.0646. The summed E-state index contributed by atoms with van der Waals surface area (Å²) < 4.78 is 5.58. The number of carbonyl (C=O) groups excluding carboxylic acids is 1. The van der Waals surface area contributed by atoms with Crippen molar-refractivity contribution in [1.29, 1.82) is 0 Å². The number of carbonyl (C=O) groups is 1. The number of ether oxygens (including phenoxy) is 1. The molecular weight excluding hydrogens is 266 g/mol. The Balaban J connectivity index is 2.43. The van der Waals surface area contributed by atoms with Crippen LogP contribution in [0.2, 0.25) is 0 Å². The lowest BCUT2D eigenvalue weighted by Crippen LogP contribution is -2.32. The summed E-state index contributed by atoms with van der Waals surface area (Å²) in [5.74, 6) is 0.751. The zero-order valence-corrected chi connectivity index (χ0v) is 13.2. The van der Waals surface area contributed by atoms with E-state index in [0.29, 0.717) is 31.0 Å². The molecule has 1 atom stereocenters. The summed E-state index contributed by atoms with van der Waals surface area (Å²) in [7, 11) is 0. The average Bonchev–Trinajstić information content (AvgIpc) is 2.47. The van der Waals surface area contributed by atoms with Gasteiger partial charge in [0.2, 0.25) is 5.91 Å². The second kappa shape index (κ2) is 9.10. The molecule has 1 aromatic rings. The number of hydrogen-bond donors (Lipinski definition) is 3. The first-order chi connectivity index (χ1) is 10.1. The molecule has 0 saturated carbocycles. The van der Waals surface area contributed by atoms with E-state index in [0.717, 1.165) is 18.5 Å². The van der Waals surface area contributed by atoms with Crippen molar-refractivity contribution in [3.8, 4) is 5.75 Å². The van der Waals surface area contributed by atoms with Crippen molar-refractivity contribution < 1.29 is 9.53 Å². The van der Waals surface area contributed by atoms with Gasteiger partial charge in [0, 0.05) is 30.8 Å². The molecule has 21 heavy (non-hydrogen) atoms. The van der Waals surface area contributed by atoms with Gasteiger partial charge in [-0.1, -0.05) is 13.8 Å². The Labute approximate surface area is 127 Å². The van der Waals surface area contributed by atoms with Crippen LogP contribution in [0.3, 0.4) is 0 Å². The Morgan fingerprint density at radius 2 is 2.14 bits per heavy atom. The minimum Gasteiger partial charge on any atom is -0.491 e. The van der Waals surface area contributed by atoms with E-state index >= 15 is 0 Å². The lowest BCUT2D eigenvalue weighted by Gasteiger charge is -2.13. The molecule has 1 aromatic carbocycles. The fourth-order valence-electron chi connectivity index (χ4n) is 1.75. The van der Waals surface area contributed by atoms with Gasteiger partial charge in [-0.15, -0.1) is 0 Å². The predicted octanol–water partition coefficient (Wildman–Crippen LogP) is 2.77. The second-order valence-electron chi connectivity index (χ2n) is 5.15. The van der Waals surface area contributed by atoms with Gasteiger partial charge < -0.3 is 21.1 Å². The zero-order valence-electron chi connectivity index (χ0n) is 13.2. The van der Waals surface area contributed by atoms with Gasteiger partial charge in [0.05, 0.1) is 12.3 Å². The molecule has 4 N–H and O–H groups in total. The van der Waals surface area contributed by atoms with E-state index in [1.807, 2.05) is 32.0 Å². The highest BCUT2D eigenvalue weighted by Crippen LogP contribution is 2.25. The third-order valence-corrected chi connectivity index (χ3v) is 3.18. The number of rotatable bonds is 9. The number of nitrogens with one attached hydrogen (secondary N) is 2. The van der Waals surface area contributed by atoms with E-state index in [1.54, 1.807) is 0 Å². The summed E-state index contributed by atoms with van der Waals surface area (Å²) in [5.41, 5.74) is 7.40. The van der Waals surface area contributed by atoms with Gasteiger partial charge >= 0.3 is 0 Å². The highest BCUT2D eigenvalue weighted by atomic mass is 16.5. The summed E-state index contributed by atoms with van der Waals surface area (Å²) in [6.45, 7) is 7.33. The maximum atomic E-state index is 11.7. The monoisotopic (exact) mass is 293 g/mol. The van der Waals surface area contributed by atoms with Gasteiger partial charge in [-0.3, -0.25) is 4.79 Å². The first kappa shape index (κ1) is 17.1. The van der Waals surface area contributed by atoms with Crippen molar-refractivity contribution in [1.82, 2.24) is 5.32 Å². The average molecular weight is 293 g/mol. The summed E-state index contributed by atoms with van der Waals surface area (Å²) >= 11 is 0. The molecule has 1 rings (SSSR count). The number of benzene rings is 1. The van der Waals surface area contributed by atoms with E-state index in [2.05, 4.69) is 17.6 Å². The summed E-state index contributed by atoms with van der Waals surface area (Å²) in [6, 6.07) is 5.80. The third-order valence-electron chi connectivity index (χ3n) is 3.18. The largest absolute Gasteiger partial charge is 0.491 e. The highest BCUT2D eigenvalue weighted by molar-refractivity contribution is 5.76. The minimum absolute atomic E-state index is 0.0646. The van der Waals surface area contributed by atoms with Crippen molar-refractivity contribution in [2.24, 2.45) is 0 Å². The van der Waals surface area contributed by atoms with Crippen LogP contribution < -0.4 is 21.1 Å². The molecule has 0 fully saturated rings. The van der Waals surface area contributed by atoms with Crippen LogP contribution in [0.25, 0.3) is 0 Å². The molecule has 118 valence electrons. The second-order valence-corrected chi connectivity index (χ2v) is 5.15. The molecule has 1 amide bonds. The summed E-state index contributed by atoms with van der Waals surface area (Å²) in [5, 5.41) is 6.16. The maximum absolute atomic E-state index is 11.7. The fourth-order valence-corrected chi connectivity index (χ4v) is 1.75. The SMILES string of the molecule is CCCOc1cc(NCCC(=O)NC(C)CC)ccc1N. The van der Waals surface area contributed by atoms with E-state index in [9.17, 15) is 4.79 Å². The van der Waals surface area contributed by atoms with Crippen LogP contribution in [0, 0.1) is 0 Å². The maximum Gasteiger partial charge on any atom is 0.221 e. The molecule has 0 radical (unpaired) electrons. The lowest BCUT2D eigenvalue weighted by molar-refractivity contribution is -0.121. The first-order valence-corrected chi connectivity index (χ1v) is 7.62. The molecule has 1 unspecified atom stereocenters. The topological polar surface area (TPSA) is 76.4 Å².